The average molecular weight is 477 g/mol. The third kappa shape index (κ3) is 4.19. The summed E-state index contributed by atoms with van der Waals surface area (Å²) in [6.45, 7) is 15.5. The molecule has 0 aromatic rings. The summed E-state index contributed by atoms with van der Waals surface area (Å²) < 4.78 is 11.9. The largest absolute Gasteiger partial charge is 0.465 e. The Bertz CT molecular complexity index is 813. The summed E-state index contributed by atoms with van der Waals surface area (Å²) in [6.07, 6.45) is 5.22. The zero-order valence-electron chi connectivity index (χ0n) is 20.9. The van der Waals surface area contributed by atoms with Gasteiger partial charge in [-0.3, -0.25) is 14.4 Å². The Kier molecular flexibility index (Phi) is 8.24. The lowest BCUT2D eigenvalue weighted by atomic mass is 9.70. The first-order valence-corrected chi connectivity index (χ1v) is 12.5. The molecule has 0 saturated carbocycles. The maximum Gasteiger partial charge on any atom is 0.312 e. The van der Waals surface area contributed by atoms with E-state index in [0.717, 1.165) is 6.42 Å². The Morgan fingerprint density at radius 2 is 2.03 bits per heavy atom. The molecule has 3 saturated heterocycles. The second-order valence-electron chi connectivity index (χ2n) is 10.1. The van der Waals surface area contributed by atoms with E-state index in [1.54, 1.807) is 22.0 Å². The quantitative estimate of drug-likeness (QED) is 0.264. The van der Waals surface area contributed by atoms with Crippen LogP contribution in [-0.2, 0) is 23.9 Å². The van der Waals surface area contributed by atoms with Gasteiger partial charge in [0.2, 0.25) is 11.8 Å². The van der Waals surface area contributed by atoms with Gasteiger partial charge in [0.05, 0.1) is 37.2 Å². The number of likely N-dealkylation sites (tertiary alicyclic amines) is 1. The summed E-state index contributed by atoms with van der Waals surface area (Å²) in [5, 5.41) is 10.3. The monoisotopic (exact) mass is 476 g/mol. The lowest BCUT2D eigenvalue weighted by Crippen LogP contribution is -2.60. The van der Waals surface area contributed by atoms with Crippen molar-refractivity contribution in [3.63, 3.8) is 0 Å². The van der Waals surface area contributed by atoms with Crippen molar-refractivity contribution < 1.29 is 29.0 Å². The molecule has 7 atom stereocenters. The average Bonchev–Trinajstić information content (AvgIpc) is 3.45. The smallest absolute Gasteiger partial charge is 0.312 e. The first kappa shape index (κ1) is 26.4. The van der Waals surface area contributed by atoms with Crippen LogP contribution >= 0.6 is 0 Å². The second-order valence-corrected chi connectivity index (χ2v) is 10.1. The van der Waals surface area contributed by atoms with Crippen molar-refractivity contribution in [3.05, 3.63) is 25.3 Å². The Hall–Kier alpha value is -2.19. The first-order valence-electron chi connectivity index (χ1n) is 12.5. The van der Waals surface area contributed by atoms with Crippen LogP contribution < -0.4 is 0 Å². The number of ether oxygens (including phenoxy) is 2. The van der Waals surface area contributed by atoms with E-state index in [4.69, 9.17) is 9.47 Å². The summed E-state index contributed by atoms with van der Waals surface area (Å²) in [5.74, 6) is -2.58. The lowest BCUT2D eigenvalue weighted by molar-refractivity contribution is -0.157. The Labute approximate surface area is 202 Å². The molecule has 34 heavy (non-hydrogen) atoms. The predicted octanol–water partition coefficient (Wildman–Crippen LogP) is 2.31. The van der Waals surface area contributed by atoms with Crippen molar-refractivity contribution in [2.75, 3.05) is 19.8 Å². The summed E-state index contributed by atoms with van der Waals surface area (Å²) in [5.41, 5.74) is -1.10. The van der Waals surface area contributed by atoms with Crippen molar-refractivity contribution in [1.29, 1.82) is 0 Å². The Balaban J connectivity index is 2.07. The highest BCUT2D eigenvalue weighted by atomic mass is 16.6. The molecule has 190 valence electrons. The van der Waals surface area contributed by atoms with Gasteiger partial charge in [0.15, 0.2) is 0 Å². The maximum atomic E-state index is 14.1. The molecule has 1 spiro atoms. The second kappa shape index (κ2) is 10.6. The molecular formula is C26H40N2O6. The number of aliphatic hydroxyl groups excluding tert-OH is 1. The molecule has 3 fully saturated rings. The van der Waals surface area contributed by atoms with Gasteiger partial charge in [-0.1, -0.05) is 32.4 Å². The highest BCUT2D eigenvalue weighted by molar-refractivity contribution is 5.98. The van der Waals surface area contributed by atoms with Crippen LogP contribution in [0.2, 0.25) is 0 Å². The van der Waals surface area contributed by atoms with Crippen LogP contribution in [0.5, 0.6) is 0 Å². The van der Waals surface area contributed by atoms with Gasteiger partial charge in [-0.25, -0.2) is 0 Å². The maximum absolute atomic E-state index is 14.1. The molecule has 1 N–H and O–H groups in total. The molecule has 2 amide bonds. The first-order chi connectivity index (χ1) is 16.2. The van der Waals surface area contributed by atoms with E-state index in [0.29, 0.717) is 25.8 Å². The van der Waals surface area contributed by atoms with Crippen LogP contribution in [0.25, 0.3) is 0 Å². The van der Waals surface area contributed by atoms with Crippen molar-refractivity contribution in [2.24, 2.45) is 17.8 Å². The summed E-state index contributed by atoms with van der Waals surface area (Å²) >= 11 is 0. The lowest BCUT2D eigenvalue weighted by Gasteiger charge is -2.41. The summed E-state index contributed by atoms with van der Waals surface area (Å²) in [7, 11) is 0. The van der Waals surface area contributed by atoms with E-state index >= 15 is 0 Å². The van der Waals surface area contributed by atoms with E-state index in [-0.39, 0.29) is 37.0 Å². The molecule has 8 nitrogen and oxygen atoms in total. The molecule has 3 heterocycles. The fraction of sp³-hybridized carbons (Fsp3) is 0.731. The van der Waals surface area contributed by atoms with Crippen LogP contribution in [0.4, 0.5) is 0 Å². The Morgan fingerprint density at radius 1 is 1.32 bits per heavy atom. The number of hydrogen-bond donors (Lipinski definition) is 1. The number of nitrogens with zero attached hydrogens (tertiary/aromatic N) is 2. The fourth-order valence-electron chi connectivity index (χ4n) is 6.00. The third-order valence-corrected chi connectivity index (χ3v) is 7.89. The van der Waals surface area contributed by atoms with Gasteiger partial charge < -0.3 is 24.4 Å². The Morgan fingerprint density at radius 3 is 2.59 bits per heavy atom. The van der Waals surface area contributed by atoms with Gasteiger partial charge in [0, 0.05) is 12.6 Å². The summed E-state index contributed by atoms with van der Waals surface area (Å²) in [6, 6.07) is -1.58. The highest BCUT2D eigenvalue weighted by Gasteiger charge is 2.75. The normalized spacial score (nSPS) is 31.4. The number of carbonyl (C=O) groups is 3. The van der Waals surface area contributed by atoms with Gasteiger partial charge >= 0.3 is 5.97 Å². The number of esters is 1. The number of carbonyl (C=O) groups excluding carboxylic acids is 3. The molecule has 3 aliphatic rings. The third-order valence-electron chi connectivity index (χ3n) is 7.89. The zero-order chi connectivity index (χ0) is 25.2. The standard InChI is InChI=1S/C26H40N2O6/c1-7-10-14-33-25(32)20-19-11-12-26(34-19)21(20)23(30)28(18(15-29)17(6)9-3)22(26)24(31)27(13-8-2)16(4)5/h7-8,16-22,29H,1-2,9-15H2,3-6H3/t17-,18-,19+,20-,21-,22?,26?/m0/s1. The molecule has 0 aliphatic carbocycles. The molecule has 0 radical (unpaired) electrons. The van der Waals surface area contributed by atoms with Crippen LogP contribution in [0.1, 0.15) is 53.4 Å². The van der Waals surface area contributed by atoms with Gasteiger partial charge in [-0.15, -0.1) is 13.2 Å². The van der Waals surface area contributed by atoms with Gasteiger partial charge in [0.1, 0.15) is 11.6 Å². The number of aliphatic hydroxyl groups is 1. The van der Waals surface area contributed by atoms with E-state index < -0.39 is 41.6 Å². The van der Waals surface area contributed by atoms with Crippen molar-refractivity contribution in [1.82, 2.24) is 9.80 Å². The number of hydrogen-bond acceptors (Lipinski definition) is 6. The molecule has 2 bridgehead atoms. The van der Waals surface area contributed by atoms with Crippen molar-refractivity contribution >= 4 is 17.8 Å². The minimum atomic E-state index is -1.10. The number of amides is 2. The molecule has 8 heteroatoms. The van der Waals surface area contributed by atoms with E-state index in [2.05, 4.69) is 13.2 Å². The molecule has 3 aliphatic heterocycles. The van der Waals surface area contributed by atoms with E-state index in [9.17, 15) is 19.5 Å². The highest BCUT2D eigenvalue weighted by Crippen LogP contribution is 2.59. The van der Waals surface area contributed by atoms with Crippen LogP contribution in [0, 0.1) is 17.8 Å². The van der Waals surface area contributed by atoms with Crippen LogP contribution in [-0.4, -0.2) is 82.3 Å². The molecule has 2 unspecified atom stereocenters. The molecular weight excluding hydrogens is 436 g/mol. The van der Waals surface area contributed by atoms with E-state index in [1.807, 2.05) is 27.7 Å². The van der Waals surface area contributed by atoms with Gasteiger partial charge in [-0.2, -0.15) is 0 Å². The van der Waals surface area contributed by atoms with Gasteiger partial charge in [-0.05, 0) is 39.0 Å². The summed E-state index contributed by atoms with van der Waals surface area (Å²) in [4.78, 5) is 44.4. The van der Waals surface area contributed by atoms with Crippen LogP contribution in [0.15, 0.2) is 25.3 Å². The fourth-order valence-corrected chi connectivity index (χ4v) is 6.00. The minimum absolute atomic E-state index is 0.0402. The zero-order valence-corrected chi connectivity index (χ0v) is 20.9. The number of rotatable bonds is 12. The molecule has 0 aromatic carbocycles. The van der Waals surface area contributed by atoms with Crippen molar-refractivity contribution in [2.45, 2.75) is 83.2 Å². The topological polar surface area (TPSA) is 96.4 Å². The molecule has 3 rings (SSSR count). The van der Waals surface area contributed by atoms with Crippen LogP contribution in [0.3, 0.4) is 0 Å². The molecule has 0 aromatic heterocycles. The number of fused-ring (bicyclic) bond motifs is 1. The van der Waals surface area contributed by atoms with E-state index in [1.165, 1.54) is 0 Å². The van der Waals surface area contributed by atoms with Gasteiger partial charge in [0.25, 0.3) is 0 Å². The minimum Gasteiger partial charge on any atom is -0.465 e. The SMILES string of the molecule is C=CCCOC(=O)[C@@H]1[C@H]2C(=O)N([C@@H](CO)[C@@H](C)CC)C(C(=O)N(CC=C)C(C)C)C23CC[C@H]1O3. The predicted molar refractivity (Wildman–Crippen MR) is 128 cm³/mol. The van der Waals surface area contributed by atoms with Crippen molar-refractivity contribution in [3.8, 4) is 0 Å².